The summed E-state index contributed by atoms with van der Waals surface area (Å²) in [5, 5.41) is 4.23. The van der Waals surface area contributed by atoms with Crippen LogP contribution >= 0.6 is 11.9 Å². The average Bonchev–Trinajstić information content (AvgIpc) is 3.09. The molecule has 1 aromatic heterocycles. The van der Waals surface area contributed by atoms with Crippen LogP contribution in [0, 0.1) is 0 Å². The van der Waals surface area contributed by atoms with E-state index in [0.29, 0.717) is 0 Å². The monoisotopic (exact) mass is 323 g/mol. The number of hydrogen-bond acceptors (Lipinski definition) is 3. The summed E-state index contributed by atoms with van der Waals surface area (Å²) in [6.45, 7) is 3.01. The van der Waals surface area contributed by atoms with E-state index >= 15 is 0 Å². The SMILES string of the molecule is CCCc1ccc(SNc2ccc(Cn3cccn3)cc2)cc1. The van der Waals surface area contributed by atoms with Gasteiger partial charge in [-0.05, 0) is 59.8 Å². The lowest BCUT2D eigenvalue weighted by Gasteiger charge is -2.08. The van der Waals surface area contributed by atoms with E-state index in [4.69, 9.17) is 0 Å². The van der Waals surface area contributed by atoms with Crippen molar-refractivity contribution in [1.82, 2.24) is 9.78 Å². The van der Waals surface area contributed by atoms with Crippen molar-refractivity contribution in [1.29, 1.82) is 0 Å². The maximum absolute atomic E-state index is 4.23. The van der Waals surface area contributed by atoms with Crippen molar-refractivity contribution in [2.75, 3.05) is 4.72 Å². The number of nitrogens with one attached hydrogen (secondary N) is 1. The number of aryl methyl sites for hydroxylation is 1. The average molecular weight is 323 g/mol. The van der Waals surface area contributed by atoms with Crippen LogP contribution in [0.3, 0.4) is 0 Å². The fourth-order valence-corrected chi connectivity index (χ4v) is 3.03. The quantitative estimate of drug-likeness (QED) is 0.620. The second-order valence-electron chi connectivity index (χ2n) is 5.50. The molecular weight excluding hydrogens is 302 g/mol. The summed E-state index contributed by atoms with van der Waals surface area (Å²) in [5.41, 5.74) is 3.75. The minimum absolute atomic E-state index is 0.805. The van der Waals surface area contributed by atoms with Crippen LogP contribution in [0.2, 0.25) is 0 Å². The summed E-state index contributed by atoms with van der Waals surface area (Å²) >= 11 is 1.64. The zero-order valence-corrected chi connectivity index (χ0v) is 14.1. The molecule has 3 aromatic rings. The van der Waals surface area contributed by atoms with Crippen molar-refractivity contribution in [2.45, 2.75) is 31.2 Å². The molecule has 0 bridgehead atoms. The topological polar surface area (TPSA) is 29.9 Å². The van der Waals surface area contributed by atoms with Crippen molar-refractivity contribution in [3.05, 3.63) is 78.1 Å². The first-order valence-electron chi connectivity index (χ1n) is 7.91. The molecule has 0 unspecified atom stereocenters. The molecule has 2 aromatic carbocycles. The minimum atomic E-state index is 0.805. The van der Waals surface area contributed by atoms with Gasteiger partial charge in [-0.1, -0.05) is 37.6 Å². The van der Waals surface area contributed by atoms with E-state index in [0.717, 1.165) is 18.7 Å². The van der Waals surface area contributed by atoms with Gasteiger partial charge >= 0.3 is 0 Å². The molecule has 0 aliphatic heterocycles. The van der Waals surface area contributed by atoms with Crippen LogP contribution in [0.15, 0.2) is 71.9 Å². The van der Waals surface area contributed by atoms with E-state index < -0.39 is 0 Å². The fraction of sp³-hybridized carbons (Fsp3) is 0.211. The van der Waals surface area contributed by atoms with Gasteiger partial charge in [-0.2, -0.15) is 5.10 Å². The van der Waals surface area contributed by atoms with Gasteiger partial charge in [0.1, 0.15) is 0 Å². The lowest BCUT2D eigenvalue weighted by Crippen LogP contribution is -1.99. The van der Waals surface area contributed by atoms with Gasteiger partial charge in [0.15, 0.2) is 0 Å². The Kier molecular flexibility index (Phi) is 5.37. The first-order chi connectivity index (χ1) is 11.3. The number of benzene rings is 2. The molecule has 118 valence electrons. The highest BCUT2D eigenvalue weighted by Gasteiger charge is 1.99. The lowest BCUT2D eigenvalue weighted by molar-refractivity contribution is 0.687. The normalized spacial score (nSPS) is 10.7. The smallest absolute Gasteiger partial charge is 0.0659 e. The first-order valence-corrected chi connectivity index (χ1v) is 8.73. The zero-order valence-electron chi connectivity index (χ0n) is 13.3. The molecule has 1 heterocycles. The molecule has 0 saturated carbocycles. The number of hydrogen-bond donors (Lipinski definition) is 1. The third-order valence-electron chi connectivity index (χ3n) is 3.61. The standard InChI is InChI=1S/C19H21N3S/c1-2-4-16-7-11-19(12-8-16)23-21-18-9-5-17(6-10-18)15-22-14-3-13-20-22/h3,5-14,21H,2,4,15H2,1H3. The molecule has 3 nitrogen and oxygen atoms in total. The molecule has 0 spiro atoms. The molecule has 0 fully saturated rings. The maximum atomic E-state index is 4.23. The van der Waals surface area contributed by atoms with Crippen LogP contribution < -0.4 is 4.72 Å². The number of rotatable bonds is 7. The zero-order chi connectivity index (χ0) is 15.9. The van der Waals surface area contributed by atoms with Crippen LogP contribution in [0.4, 0.5) is 5.69 Å². The molecule has 0 atom stereocenters. The van der Waals surface area contributed by atoms with Crippen LogP contribution in [0.5, 0.6) is 0 Å². The fourth-order valence-electron chi connectivity index (χ4n) is 2.39. The van der Waals surface area contributed by atoms with Crippen molar-refractivity contribution in [3.63, 3.8) is 0 Å². The molecule has 0 radical (unpaired) electrons. The largest absolute Gasteiger partial charge is 0.326 e. The highest BCUT2D eigenvalue weighted by atomic mass is 32.2. The van der Waals surface area contributed by atoms with E-state index in [1.165, 1.54) is 22.4 Å². The Morgan fingerprint density at radius 1 is 1.00 bits per heavy atom. The molecule has 1 N–H and O–H groups in total. The summed E-state index contributed by atoms with van der Waals surface area (Å²) < 4.78 is 5.32. The second kappa shape index (κ2) is 7.88. The van der Waals surface area contributed by atoms with Gasteiger partial charge in [0.05, 0.1) is 6.54 Å². The Hall–Kier alpha value is -2.20. The molecule has 0 aliphatic rings. The van der Waals surface area contributed by atoms with Gasteiger partial charge in [0.25, 0.3) is 0 Å². The van der Waals surface area contributed by atoms with Gasteiger partial charge in [-0.25, -0.2) is 0 Å². The van der Waals surface area contributed by atoms with Gasteiger partial charge in [0.2, 0.25) is 0 Å². The van der Waals surface area contributed by atoms with Gasteiger partial charge in [0, 0.05) is 23.0 Å². The predicted octanol–water partition coefficient (Wildman–Crippen LogP) is 5.00. The van der Waals surface area contributed by atoms with E-state index in [2.05, 4.69) is 65.3 Å². The highest BCUT2D eigenvalue weighted by Crippen LogP contribution is 2.22. The Morgan fingerprint density at radius 2 is 1.74 bits per heavy atom. The summed E-state index contributed by atoms with van der Waals surface area (Å²) in [6.07, 6.45) is 6.12. The minimum Gasteiger partial charge on any atom is -0.326 e. The van der Waals surface area contributed by atoms with E-state index in [9.17, 15) is 0 Å². The highest BCUT2D eigenvalue weighted by molar-refractivity contribution is 8.00. The van der Waals surface area contributed by atoms with Crippen LogP contribution in [0.25, 0.3) is 0 Å². The Morgan fingerprint density at radius 3 is 2.39 bits per heavy atom. The molecule has 0 aliphatic carbocycles. The van der Waals surface area contributed by atoms with E-state index in [-0.39, 0.29) is 0 Å². The molecule has 0 amide bonds. The number of aromatic nitrogens is 2. The molecule has 0 saturated heterocycles. The Labute approximate surface area is 141 Å². The third-order valence-corrected chi connectivity index (χ3v) is 4.45. The molecule has 4 heteroatoms. The van der Waals surface area contributed by atoms with E-state index in [1.54, 1.807) is 18.1 Å². The number of anilines is 1. The van der Waals surface area contributed by atoms with Crippen LogP contribution in [-0.4, -0.2) is 9.78 Å². The van der Waals surface area contributed by atoms with Crippen molar-refractivity contribution >= 4 is 17.6 Å². The molecule has 3 rings (SSSR count). The first kappa shape index (κ1) is 15.7. The third kappa shape index (κ3) is 4.63. The van der Waals surface area contributed by atoms with E-state index in [1.807, 2.05) is 16.9 Å². The second-order valence-corrected chi connectivity index (χ2v) is 6.38. The lowest BCUT2D eigenvalue weighted by atomic mass is 10.1. The predicted molar refractivity (Wildman–Crippen MR) is 97.7 cm³/mol. The summed E-state index contributed by atoms with van der Waals surface area (Å²) in [6, 6.07) is 19.2. The summed E-state index contributed by atoms with van der Waals surface area (Å²) in [4.78, 5) is 1.23. The van der Waals surface area contributed by atoms with Gasteiger partial charge in [-0.15, -0.1) is 0 Å². The summed E-state index contributed by atoms with van der Waals surface area (Å²) in [5.74, 6) is 0. The van der Waals surface area contributed by atoms with Gasteiger partial charge in [-0.3, -0.25) is 4.68 Å². The van der Waals surface area contributed by atoms with Crippen molar-refractivity contribution < 1.29 is 0 Å². The Bertz CT molecular complexity index is 703. The number of nitrogens with zero attached hydrogens (tertiary/aromatic N) is 2. The van der Waals surface area contributed by atoms with Gasteiger partial charge < -0.3 is 4.72 Å². The van der Waals surface area contributed by atoms with Crippen LogP contribution in [0.1, 0.15) is 24.5 Å². The Balaban J connectivity index is 1.53. The molecular formula is C19H21N3S. The molecule has 23 heavy (non-hydrogen) atoms. The van der Waals surface area contributed by atoms with Crippen LogP contribution in [-0.2, 0) is 13.0 Å². The van der Waals surface area contributed by atoms with Crippen molar-refractivity contribution in [3.8, 4) is 0 Å². The van der Waals surface area contributed by atoms with Crippen molar-refractivity contribution in [2.24, 2.45) is 0 Å². The summed E-state index contributed by atoms with van der Waals surface area (Å²) in [7, 11) is 0. The maximum Gasteiger partial charge on any atom is 0.0659 e.